The highest BCUT2D eigenvalue weighted by Crippen LogP contribution is 2.43. The zero-order valence-electron chi connectivity index (χ0n) is 33.0. The lowest BCUT2D eigenvalue weighted by Crippen LogP contribution is -2.29. The van der Waals surface area contributed by atoms with Gasteiger partial charge < -0.3 is 20.1 Å². The van der Waals surface area contributed by atoms with Gasteiger partial charge in [-0.05, 0) is 83.5 Å². The molecule has 0 aromatic rings. The zero-order valence-corrected chi connectivity index (χ0v) is 33.9. The fourth-order valence-corrected chi connectivity index (χ4v) is 5.58. The highest BCUT2D eigenvalue weighted by atomic mass is 31.2. The second kappa shape index (κ2) is 38.9. The van der Waals surface area contributed by atoms with Gasteiger partial charge in [0.05, 0.1) is 13.2 Å². The second-order valence-electron chi connectivity index (χ2n) is 12.8. The summed E-state index contributed by atoms with van der Waals surface area (Å²) in [5.41, 5.74) is 5.33. The van der Waals surface area contributed by atoms with Gasteiger partial charge in [-0.25, -0.2) is 4.57 Å². The summed E-state index contributed by atoms with van der Waals surface area (Å²) in [7, 11) is -4.40. The molecule has 3 N–H and O–H groups in total. The van der Waals surface area contributed by atoms with Gasteiger partial charge in [0.1, 0.15) is 6.61 Å². The van der Waals surface area contributed by atoms with Gasteiger partial charge in [0.25, 0.3) is 0 Å². The average Bonchev–Trinajstić information content (AvgIpc) is 3.14. The largest absolute Gasteiger partial charge is 0.472 e. The fraction of sp³-hybridized carbons (Fsp3) is 0.628. The summed E-state index contributed by atoms with van der Waals surface area (Å²) in [5.74, 6) is -0.924. The Hall–Kier alpha value is -2.81. The third-order valence-corrected chi connectivity index (χ3v) is 8.75. The van der Waals surface area contributed by atoms with E-state index in [1.165, 1.54) is 25.7 Å². The maximum atomic E-state index is 12.5. The molecule has 0 aromatic heterocycles. The smallest absolute Gasteiger partial charge is 0.462 e. The van der Waals surface area contributed by atoms with Gasteiger partial charge in [0, 0.05) is 19.4 Å². The van der Waals surface area contributed by atoms with Gasteiger partial charge >= 0.3 is 19.8 Å². The van der Waals surface area contributed by atoms with Crippen LogP contribution in [0.25, 0.3) is 0 Å². The van der Waals surface area contributed by atoms with Crippen molar-refractivity contribution < 1.29 is 37.6 Å². The minimum absolute atomic E-state index is 0.0376. The zero-order chi connectivity index (χ0) is 38.9. The van der Waals surface area contributed by atoms with Crippen LogP contribution in [0.5, 0.6) is 0 Å². The molecule has 0 aliphatic rings. The van der Waals surface area contributed by atoms with Gasteiger partial charge in [0.15, 0.2) is 6.10 Å². The Balaban J connectivity index is 4.35. The molecule has 0 aliphatic carbocycles. The van der Waals surface area contributed by atoms with Crippen molar-refractivity contribution in [3.8, 4) is 0 Å². The van der Waals surface area contributed by atoms with Crippen LogP contribution < -0.4 is 5.73 Å². The summed E-state index contributed by atoms with van der Waals surface area (Å²) in [4.78, 5) is 34.8. The maximum Gasteiger partial charge on any atom is 0.472 e. The van der Waals surface area contributed by atoms with E-state index < -0.39 is 32.5 Å². The van der Waals surface area contributed by atoms with E-state index in [1.54, 1.807) is 0 Å². The summed E-state index contributed by atoms with van der Waals surface area (Å²) in [5, 5.41) is 0. The van der Waals surface area contributed by atoms with Gasteiger partial charge in [-0.3, -0.25) is 18.6 Å². The van der Waals surface area contributed by atoms with E-state index in [9.17, 15) is 19.0 Å². The molecule has 0 fully saturated rings. The molecule has 0 rings (SSSR count). The van der Waals surface area contributed by atoms with Gasteiger partial charge in [-0.15, -0.1) is 0 Å². The highest BCUT2D eigenvalue weighted by Gasteiger charge is 2.25. The standard InChI is InChI=1S/C43H72NO8P/c1-3-5-7-9-11-13-15-17-19-20-22-24-26-28-30-32-34-36-43(46)52-41(40-51-53(47,48)50-38-37-44)39-49-42(45)35-33-31-29-27-25-23-21-18-16-14-12-10-8-6-4-2/h6,8,11-14,17-19,21-22,24,28,30,41H,3-5,7,9-10,15-16,20,23,25-27,29,31-40,44H2,1-2H3,(H,47,48). The summed E-state index contributed by atoms with van der Waals surface area (Å²) < 4.78 is 32.6. The van der Waals surface area contributed by atoms with Crippen molar-refractivity contribution in [3.05, 3.63) is 85.1 Å². The minimum Gasteiger partial charge on any atom is -0.462 e. The molecule has 0 bridgehead atoms. The van der Waals surface area contributed by atoms with Crippen molar-refractivity contribution in [2.24, 2.45) is 5.73 Å². The first-order valence-corrected chi connectivity index (χ1v) is 21.6. The van der Waals surface area contributed by atoms with Crippen molar-refractivity contribution in [1.82, 2.24) is 0 Å². The number of hydrogen-bond acceptors (Lipinski definition) is 8. The van der Waals surface area contributed by atoms with Gasteiger partial charge in [0.2, 0.25) is 0 Å². The Bertz CT molecular complexity index is 1140. The van der Waals surface area contributed by atoms with Crippen molar-refractivity contribution in [1.29, 1.82) is 0 Å². The monoisotopic (exact) mass is 761 g/mol. The molecule has 2 atom stereocenters. The van der Waals surface area contributed by atoms with E-state index >= 15 is 0 Å². The molecule has 0 spiro atoms. The number of phosphoric acid groups is 1. The molecule has 0 amide bonds. The molecule has 0 saturated heterocycles. The molecule has 9 nitrogen and oxygen atoms in total. The molecule has 0 aliphatic heterocycles. The summed E-state index contributed by atoms with van der Waals surface area (Å²) in [6, 6.07) is 0. The molecule has 53 heavy (non-hydrogen) atoms. The lowest BCUT2D eigenvalue weighted by atomic mass is 10.1. The third-order valence-electron chi connectivity index (χ3n) is 7.77. The molecule has 0 aromatic carbocycles. The Morgan fingerprint density at radius 2 is 1.06 bits per heavy atom. The van der Waals surface area contributed by atoms with E-state index in [0.29, 0.717) is 19.3 Å². The normalized spacial score (nSPS) is 14.3. The van der Waals surface area contributed by atoms with Crippen molar-refractivity contribution in [3.63, 3.8) is 0 Å². The molecular formula is C43H72NO8P. The first-order chi connectivity index (χ1) is 25.8. The minimum atomic E-state index is -4.40. The lowest BCUT2D eigenvalue weighted by Gasteiger charge is -2.19. The topological polar surface area (TPSA) is 134 Å². The molecule has 2 unspecified atom stereocenters. The lowest BCUT2D eigenvalue weighted by molar-refractivity contribution is -0.161. The number of allylic oxidation sites excluding steroid dienone is 14. The maximum absolute atomic E-state index is 12.5. The van der Waals surface area contributed by atoms with Crippen LogP contribution in [-0.2, 0) is 32.7 Å². The number of ether oxygens (including phenoxy) is 2. The highest BCUT2D eigenvalue weighted by molar-refractivity contribution is 7.47. The molecule has 10 heteroatoms. The van der Waals surface area contributed by atoms with Crippen LogP contribution in [0, 0.1) is 0 Å². The van der Waals surface area contributed by atoms with E-state index in [0.717, 1.165) is 70.6 Å². The Morgan fingerprint density at radius 1 is 0.585 bits per heavy atom. The average molecular weight is 762 g/mol. The first-order valence-electron chi connectivity index (χ1n) is 20.1. The van der Waals surface area contributed by atoms with Crippen LogP contribution in [0.3, 0.4) is 0 Å². The SMILES string of the molecule is CCC=CCC=CCC=CCCCCCCCC(=O)OCC(COP(=O)(O)OCCN)OC(=O)CCCC=CCC=CCC=CCC=CCCCCC. The van der Waals surface area contributed by atoms with Crippen LogP contribution in [0.15, 0.2) is 85.1 Å². The number of nitrogens with two attached hydrogens (primary N) is 1. The number of hydrogen-bond donors (Lipinski definition) is 2. The number of esters is 2. The molecular weight excluding hydrogens is 689 g/mol. The van der Waals surface area contributed by atoms with E-state index in [1.807, 2.05) is 6.08 Å². The Kier molecular flexibility index (Phi) is 36.8. The number of phosphoric ester groups is 1. The third kappa shape index (κ3) is 38.7. The van der Waals surface area contributed by atoms with Crippen LogP contribution in [0.2, 0.25) is 0 Å². The fourth-order valence-electron chi connectivity index (χ4n) is 4.82. The molecule has 0 heterocycles. The number of rotatable bonds is 36. The van der Waals surface area contributed by atoms with E-state index in [2.05, 4.69) is 92.8 Å². The predicted molar refractivity (Wildman–Crippen MR) is 219 cm³/mol. The van der Waals surface area contributed by atoms with Crippen molar-refractivity contribution in [2.75, 3.05) is 26.4 Å². The van der Waals surface area contributed by atoms with Crippen LogP contribution >= 0.6 is 7.82 Å². The molecule has 0 radical (unpaired) electrons. The first kappa shape index (κ1) is 50.2. The second-order valence-corrected chi connectivity index (χ2v) is 14.2. The Morgan fingerprint density at radius 3 is 1.60 bits per heavy atom. The van der Waals surface area contributed by atoms with Crippen molar-refractivity contribution in [2.45, 2.75) is 148 Å². The molecule has 302 valence electrons. The summed E-state index contributed by atoms with van der Waals surface area (Å²) in [6.07, 6.45) is 47.6. The van der Waals surface area contributed by atoms with Gasteiger partial charge in [-0.2, -0.15) is 0 Å². The number of carbonyl (C=O) groups excluding carboxylic acids is 2. The van der Waals surface area contributed by atoms with Crippen molar-refractivity contribution >= 4 is 19.8 Å². The quantitative estimate of drug-likeness (QED) is 0.0277. The van der Waals surface area contributed by atoms with E-state index in [-0.39, 0.29) is 32.6 Å². The summed E-state index contributed by atoms with van der Waals surface area (Å²) >= 11 is 0. The van der Waals surface area contributed by atoms with Crippen LogP contribution in [0.1, 0.15) is 142 Å². The van der Waals surface area contributed by atoms with E-state index in [4.69, 9.17) is 24.3 Å². The summed E-state index contributed by atoms with van der Waals surface area (Å²) in [6.45, 7) is 3.48. The Labute approximate surface area is 322 Å². The number of unbranched alkanes of at least 4 members (excludes halogenated alkanes) is 9. The predicted octanol–water partition coefficient (Wildman–Crippen LogP) is 11.3. The molecule has 0 saturated carbocycles. The van der Waals surface area contributed by atoms with Gasteiger partial charge in [-0.1, -0.05) is 131 Å². The number of carbonyl (C=O) groups is 2. The van der Waals surface area contributed by atoms with Crippen LogP contribution in [-0.4, -0.2) is 49.3 Å². The van der Waals surface area contributed by atoms with Crippen LogP contribution in [0.4, 0.5) is 0 Å².